The molecular weight excluding hydrogens is 275 g/mol. The number of urea groups is 1. The molecule has 0 spiro atoms. The van der Waals surface area contributed by atoms with E-state index in [0.29, 0.717) is 12.8 Å². The molecule has 11 heteroatoms. The van der Waals surface area contributed by atoms with E-state index in [0.717, 1.165) is 4.31 Å². The molecule has 0 aromatic rings. The van der Waals surface area contributed by atoms with E-state index in [4.69, 9.17) is 21.5 Å². The molecule has 7 N–H and O–H groups in total. The van der Waals surface area contributed by atoms with Gasteiger partial charge in [0.25, 0.3) is 0 Å². The summed E-state index contributed by atoms with van der Waals surface area (Å²) in [5.41, 5.74) is 10.6. The molecule has 2 amide bonds. The van der Waals surface area contributed by atoms with Crippen LogP contribution in [0.3, 0.4) is 0 Å². The molecule has 0 aromatic heterocycles. The molecule has 0 aromatic carbocycles. The van der Waals surface area contributed by atoms with Crippen LogP contribution in [0.25, 0.3) is 0 Å². The van der Waals surface area contributed by atoms with E-state index in [-0.39, 0.29) is 31.4 Å². The first-order valence-corrected chi connectivity index (χ1v) is 7.35. The Morgan fingerprint density at radius 3 is 2.58 bits per heavy atom. The van der Waals surface area contributed by atoms with Crippen LogP contribution in [-0.4, -0.2) is 55.1 Å². The van der Waals surface area contributed by atoms with E-state index in [1.807, 2.05) is 0 Å². The number of nitrogens with one attached hydrogen (secondary N) is 1. The monoisotopic (exact) mass is 294 g/mol. The average Bonchev–Trinajstić information content (AvgIpc) is 2.58. The largest absolute Gasteiger partial charge is 0.451 e. The van der Waals surface area contributed by atoms with Crippen molar-refractivity contribution in [3.8, 4) is 0 Å². The Morgan fingerprint density at radius 2 is 2.05 bits per heavy atom. The van der Waals surface area contributed by atoms with Crippen molar-refractivity contribution < 1.29 is 23.3 Å². The van der Waals surface area contributed by atoms with Gasteiger partial charge in [-0.3, -0.25) is 0 Å². The van der Waals surface area contributed by atoms with Crippen LogP contribution in [0.4, 0.5) is 4.79 Å². The fraction of sp³-hybridized carbons (Fsp3) is 0.875. The lowest BCUT2D eigenvalue weighted by atomic mass is 9.82. The third kappa shape index (κ3) is 4.95. The van der Waals surface area contributed by atoms with Crippen LogP contribution in [0.15, 0.2) is 0 Å². The number of amides is 2. The molecule has 1 saturated heterocycles. The van der Waals surface area contributed by atoms with Gasteiger partial charge in [-0.1, -0.05) is 6.42 Å². The summed E-state index contributed by atoms with van der Waals surface area (Å²) in [6, 6.07) is -1.49. The van der Waals surface area contributed by atoms with Crippen LogP contribution < -0.4 is 16.2 Å². The van der Waals surface area contributed by atoms with Gasteiger partial charge in [-0.05, 0) is 18.7 Å². The van der Waals surface area contributed by atoms with Crippen molar-refractivity contribution in [1.82, 2.24) is 9.03 Å². The molecule has 110 valence electrons. The summed E-state index contributed by atoms with van der Waals surface area (Å²) in [4.78, 5) is 10.6. The Bertz CT molecular complexity index is 417. The van der Waals surface area contributed by atoms with E-state index in [9.17, 15) is 13.2 Å². The molecule has 19 heavy (non-hydrogen) atoms. The first-order chi connectivity index (χ1) is 8.72. The Labute approximate surface area is 112 Å². The van der Waals surface area contributed by atoms with Gasteiger partial charge in [0.05, 0.1) is 0 Å². The summed E-state index contributed by atoms with van der Waals surface area (Å²) in [5, 5.41) is 17.5. The van der Waals surface area contributed by atoms with Crippen molar-refractivity contribution in [2.24, 2.45) is 17.4 Å². The second kappa shape index (κ2) is 6.52. The zero-order valence-corrected chi connectivity index (χ0v) is 11.2. The van der Waals surface area contributed by atoms with Gasteiger partial charge in [-0.2, -0.15) is 12.7 Å². The maximum absolute atomic E-state index is 11.7. The number of primary amides is 1. The van der Waals surface area contributed by atoms with Crippen molar-refractivity contribution in [3.63, 3.8) is 0 Å². The lowest BCUT2D eigenvalue weighted by Crippen LogP contribution is -2.45. The Balaban J connectivity index is 2.52. The molecule has 1 heterocycles. The molecule has 0 radical (unpaired) electrons. The minimum absolute atomic E-state index is 0.0804. The maximum Gasteiger partial charge on any atom is 0.451 e. The number of nitrogens with zero attached hydrogens (tertiary/aromatic N) is 1. The first-order valence-electron chi connectivity index (χ1n) is 5.91. The van der Waals surface area contributed by atoms with Gasteiger partial charge in [0.2, 0.25) is 0 Å². The normalized spacial score (nSPS) is 24.4. The van der Waals surface area contributed by atoms with Crippen molar-refractivity contribution in [3.05, 3.63) is 0 Å². The van der Waals surface area contributed by atoms with Gasteiger partial charge in [0.1, 0.15) is 0 Å². The fourth-order valence-electron chi connectivity index (χ4n) is 2.11. The molecule has 2 atom stereocenters. The molecule has 1 rings (SSSR count). The molecular formula is C8H19BN4O5S. The summed E-state index contributed by atoms with van der Waals surface area (Å²) < 4.78 is 26.1. The first kappa shape index (κ1) is 16.2. The van der Waals surface area contributed by atoms with E-state index in [2.05, 4.69) is 0 Å². The SMILES string of the molecule is NC(=O)NS(=O)(=O)N1C[C@H](CCCB(O)O)[C@@H](N)C1. The van der Waals surface area contributed by atoms with E-state index < -0.39 is 23.4 Å². The highest BCUT2D eigenvalue weighted by Gasteiger charge is 2.37. The molecule has 0 saturated carbocycles. The number of hydrogen-bond acceptors (Lipinski definition) is 6. The molecule has 1 aliphatic rings. The molecule has 9 nitrogen and oxygen atoms in total. The standard InChI is InChI=1S/C8H19BN4O5S/c10-7-5-13(19(17,18)12-8(11)14)4-6(7)2-1-3-9(15)16/h6-7,15-16H,1-5,10H2,(H3,11,12,14)/t6-,7-/m0/s1. The second-order valence-electron chi connectivity index (χ2n) is 4.62. The third-order valence-electron chi connectivity index (χ3n) is 3.06. The molecule has 1 fully saturated rings. The van der Waals surface area contributed by atoms with Gasteiger partial charge in [-0.15, -0.1) is 0 Å². The molecule has 0 aliphatic carbocycles. The topological polar surface area (TPSA) is 159 Å². The smallest absolute Gasteiger partial charge is 0.427 e. The van der Waals surface area contributed by atoms with E-state index in [1.54, 1.807) is 4.72 Å². The summed E-state index contributed by atoms with van der Waals surface area (Å²) in [7, 11) is -5.30. The van der Waals surface area contributed by atoms with Crippen molar-refractivity contribution in [1.29, 1.82) is 0 Å². The van der Waals surface area contributed by atoms with Crippen LogP contribution in [-0.2, 0) is 10.2 Å². The number of carbonyl (C=O) groups is 1. The minimum Gasteiger partial charge on any atom is -0.427 e. The zero-order valence-electron chi connectivity index (χ0n) is 10.4. The molecule has 0 unspecified atom stereocenters. The molecule has 0 bridgehead atoms. The summed E-state index contributed by atoms with van der Waals surface area (Å²) in [6.45, 7) is 0.292. The van der Waals surface area contributed by atoms with E-state index in [1.165, 1.54) is 0 Å². The maximum atomic E-state index is 11.7. The van der Waals surface area contributed by atoms with Gasteiger partial charge in [0.15, 0.2) is 0 Å². The number of hydrogen-bond donors (Lipinski definition) is 5. The van der Waals surface area contributed by atoms with Crippen LogP contribution in [0.5, 0.6) is 0 Å². The van der Waals surface area contributed by atoms with Crippen LogP contribution in [0.2, 0.25) is 6.32 Å². The third-order valence-corrected chi connectivity index (χ3v) is 4.50. The van der Waals surface area contributed by atoms with Gasteiger partial charge >= 0.3 is 23.4 Å². The minimum atomic E-state index is -3.94. The second-order valence-corrected chi connectivity index (χ2v) is 6.29. The predicted octanol–water partition coefficient (Wildman–Crippen LogP) is -2.59. The Kier molecular flexibility index (Phi) is 5.56. The Morgan fingerprint density at radius 1 is 1.42 bits per heavy atom. The summed E-state index contributed by atoms with van der Waals surface area (Å²) in [5.74, 6) is -0.0804. The van der Waals surface area contributed by atoms with Gasteiger partial charge < -0.3 is 21.5 Å². The average molecular weight is 294 g/mol. The predicted molar refractivity (Wildman–Crippen MR) is 68.9 cm³/mol. The Hall–Kier alpha value is -0.875. The highest BCUT2D eigenvalue weighted by Crippen LogP contribution is 2.23. The highest BCUT2D eigenvalue weighted by atomic mass is 32.2. The lowest BCUT2D eigenvalue weighted by molar-refractivity contribution is 0.253. The highest BCUT2D eigenvalue weighted by molar-refractivity contribution is 7.87. The van der Waals surface area contributed by atoms with Gasteiger partial charge in [0, 0.05) is 19.1 Å². The van der Waals surface area contributed by atoms with E-state index >= 15 is 0 Å². The summed E-state index contributed by atoms with van der Waals surface area (Å²) >= 11 is 0. The van der Waals surface area contributed by atoms with Crippen LogP contribution in [0.1, 0.15) is 12.8 Å². The van der Waals surface area contributed by atoms with Gasteiger partial charge in [-0.25, -0.2) is 9.52 Å². The molecule has 1 aliphatic heterocycles. The van der Waals surface area contributed by atoms with Crippen molar-refractivity contribution >= 4 is 23.4 Å². The zero-order chi connectivity index (χ0) is 14.6. The number of rotatable bonds is 6. The summed E-state index contributed by atoms with van der Waals surface area (Å²) in [6.07, 6.45) is 1.34. The van der Waals surface area contributed by atoms with Crippen molar-refractivity contribution in [2.45, 2.75) is 25.2 Å². The van der Waals surface area contributed by atoms with Crippen molar-refractivity contribution in [2.75, 3.05) is 13.1 Å². The van der Waals surface area contributed by atoms with Crippen LogP contribution in [0, 0.1) is 5.92 Å². The number of carbonyl (C=O) groups excluding carboxylic acids is 1. The van der Waals surface area contributed by atoms with Crippen LogP contribution >= 0.6 is 0 Å². The lowest BCUT2D eigenvalue weighted by Gasteiger charge is -2.15. The quantitative estimate of drug-likeness (QED) is 0.338. The fourth-order valence-corrected chi connectivity index (χ4v) is 3.25. The number of nitrogens with two attached hydrogens (primary N) is 2.